The van der Waals surface area contributed by atoms with Crippen molar-refractivity contribution in [2.24, 2.45) is 0 Å². The first-order chi connectivity index (χ1) is 13.1. The van der Waals surface area contributed by atoms with Crippen LogP contribution in [0.3, 0.4) is 0 Å². The number of imidazole rings is 1. The van der Waals surface area contributed by atoms with Crippen LogP contribution in [0, 0.1) is 13.8 Å². The quantitative estimate of drug-likeness (QED) is 0.571. The second-order valence-corrected chi connectivity index (χ2v) is 6.84. The maximum Gasteiger partial charge on any atom is 0.228 e. The molecule has 0 radical (unpaired) electrons. The van der Waals surface area contributed by atoms with E-state index in [-0.39, 0.29) is 5.91 Å². The van der Waals surface area contributed by atoms with Gasteiger partial charge in [0.1, 0.15) is 5.65 Å². The number of carbonyl (C=O) groups is 1. The van der Waals surface area contributed by atoms with E-state index in [2.05, 4.69) is 24.4 Å². The summed E-state index contributed by atoms with van der Waals surface area (Å²) >= 11 is 0. The number of benzene rings is 2. The molecule has 0 spiro atoms. The van der Waals surface area contributed by atoms with Crippen LogP contribution in [0.5, 0.6) is 0 Å². The molecular weight excluding hydrogens is 334 g/mol. The zero-order chi connectivity index (χ0) is 18.8. The van der Waals surface area contributed by atoms with Gasteiger partial charge in [-0.3, -0.25) is 4.79 Å². The van der Waals surface area contributed by atoms with E-state index >= 15 is 0 Å². The predicted molar refractivity (Wildman–Crippen MR) is 109 cm³/mol. The minimum Gasteiger partial charge on any atom is -0.326 e. The van der Waals surface area contributed by atoms with E-state index in [1.807, 2.05) is 72.2 Å². The van der Waals surface area contributed by atoms with Crippen LogP contribution in [0.15, 0.2) is 73.1 Å². The van der Waals surface area contributed by atoms with Crippen molar-refractivity contribution in [3.63, 3.8) is 0 Å². The lowest BCUT2D eigenvalue weighted by molar-refractivity contribution is -0.115. The number of aryl methyl sites for hydroxylation is 2. The topological polar surface area (TPSA) is 46.4 Å². The molecule has 4 heteroatoms. The summed E-state index contributed by atoms with van der Waals surface area (Å²) in [6.45, 7) is 4.05. The van der Waals surface area contributed by atoms with Crippen LogP contribution in [0.4, 0.5) is 5.69 Å². The molecule has 0 aliphatic heterocycles. The summed E-state index contributed by atoms with van der Waals surface area (Å²) in [5.41, 5.74) is 6.81. The number of amides is 1. The van der Waals surface area contributed by atoms with Crippen molar-refractivity contribution in [3.8, 4) is 11.3 Å². The second kappa shape index (κ2) is 7.08. The van der Waals surface area contributed by atoms with Gasteiger partial charge >= 0.3 is 0 Å². The molecule has 0 fully saturated rings. The summed E-state index contributed by atoms with van der Waals surface area (Å²) in [6, 6.07) is 19.9. The number of pyridine rings is 1. The Morgan fingerprint density at radius 3 is 2.67 bits per heavy atom. The molecule has 4 nitrogen and oxygen atoms in total. The minimum atomic E-state index is -0.0212. The van der Waals surface area contributed by atoms with Gasteiger partial charge in [0.2, 0.25) is 5.91 Å². The molecule has 27 heavy (non-hydrogen) atoms. The van der Waals surface area contributed by atoms with Gasteiger partial charge in [-0.2, -0.15) is 0 Å². The van der Waals surface area contributed by atoms with E-state index in [9.17, 15) is 4.79 Å². The third-order valence-electron chi connectivity index (χ3n) is 4.63. The SMILES string of the molecule is Cc1ccn2cc(-c3ccc(C)c(NC(=O)Cc4ccccc4)c3)nc2c1. The Kier molecular flexibility index (Phi) is 4.47. The van der Waals surface area contributed by atoms with E-state index in [4.69, 9.17) is 4.98 Å². The second-order valence-electron chi connectivity index (χ2n) is 6.84. The fourth-order valence-electron chi connectivity index (χ4n) is 3.11. The standard InChI is InChI=1S/C23H21N3O/c1-16-10-11-26-15-21(24-22(26)12-16)19-9-8-17(2)20(14-19)25-23(27)13-18-6-4-3-5-7-18/h3-12,14-15H,13H2,1-2H3,(H,25,27). The lowest BCUT2D eigenvalue weighted by Gasteiger charge is -2.10. The molecule has 0 aliphatic carbocycles. The van der Waals surface area contributed by atoms with Gasteiger partial charge in [0, 0.05) is 23.6 Å². The van der Waals surface area contributed by atoms with Gasteiger partial charge in [-0.1, -0.05) is 42.5 Å². The van der Waals surface area contributed by atoms with E-state index in [0.717, 1.165) is 33.7 Å². The molecule has 2 heterocycles. The zero-order valence-corrected chi connectivity index (χ0v) is 15.4. The molecular formula is C23H21N3O. The third kappa shape index (κ3) is 3.75. The van der Waals surface area contributed by atoms with Crippen molar-refractivity contribution >= 4 is 17.2 Å². The van der Waals surface area contributed by atoms with Crippen LogP contribution in [0.2, 0.25) is 0 Å². The first-order valence-corrected chi connectivity index (χ1v) is 8.99. The van der Waals surface area contributed by atoms with Gasteiger partial charge in [0.05, 0.1) is 12.1 Å². The number of rotatable bonds is 4. The average Bonchev–Trinajstić information content (AvgIpc) is 3.07. The summed E-state index contributed by atoms with van der Waals surface area (Å²) in [6.07, 6.45) is 4.38. The zero-order valence-electron chi connectivity index (χ0n) is 15.4. The van der Waals surface area contributed by atoms with Gasteiger partial charge in [-0.05, 0) is 48.7 Å². The van der Waals surface area contributed by atoms with Gasteiger partial charge in [-0.15, -0.1) is 0 Å². The molecule has 4 rings (SSSR count). The number of aromatic nitrogens is 2. The molecule has 0 bridgehead atoms. The fourth-order valence-corrected chi connectivity index (χ4v) is 3.11. The van der Waals surface area contributed by atoms with Crippen LogP contribution >= 0.6 is 0 Å². The average molecular weight is 355 g/mol. The molecule has 0 saturated carbocycles. The molecule has 0 atom stereocenters. The summed E-state index contributed by atoms with van der Waals surface area (Å²) in [7, 11) is 0. The lowest BCUT2D eigenvalue weighted by Crippen LogP contribution is -2.15. The predicted octanol–water partition coefficient (Wildman–Crippen LogP) is 4.80. The highest BCUT2D eigenvalue weighted by molar-refractivity contribution is 5.93. The molecule has 0 aliphatic rings. The Labute approximate surface area is 158 Å². The number of carbonyl (C=O) groups excluding carboxylic acids is 1. The lowest BCUT2D eigenvalue weighted by atomic mass is 10.1. The number of nitrogens with one attached hydrogen (secondary N) is 1. The number of hydrogen-bond donors (Lipinski definition) is 1. The Bertz CT molecular complexity index is 1110. The first kappa shape index (κ1) is 17.0. The van der Waals surface area contributed by atoms with Crippen molar-refractivity contribution in [1.29, 1.82) is 0 Å². The molecule has 134 valence electrons. The third-order valence-corrected chi connectivity index (χ3v) is 4.63. The van der Waals surface area contributed by atoms with E-state index in [1.165, 1.54) is 5.56 Å². The van der Waals surface area contributed by atoms with Gasteiger partial charge < -0.3 is 9.72 Å². The van der Waals surface area contributed by atoms with Crippen molar-refractivity contribution < 1.29 is 4.79 Å². The van der Waals surface area contributed by atoms with Gasteiger partial charge in [-0.25, -0.2) is 4.98 Å². The summed E-state index contributed by atoms with van der Waals surface area (Å²) < 4.78 is 2.01. The number of anilines is 1. The summed E-state index contributed by atoms with van der Waals surface area (Å²) in [5.74, 6) is -0.0212. The molecule has 1 N–H and O–H groups in total. The van der Waals surface area contributed by atoms with E-state index in [1.54, 1.807) is 0 Å². The molecule has 0 saturated heterocycles. The van der Waals surface area contributed by atoms with Crippen LogP contribution in [0.1, 0.15) is 16.7 Å². The van der Waals surface area contributed by atoms with Crippen LogP contribution in [-0.2, 0) is 11.2 Å². The Morgan fingerprint density at radius 1 is 1.04 bits per heavy atom. The first-order valence-electron chi connectivity index (χ1n) is 8.99. The normalized spacial score (nSPS) is 10.9. The van der Waals surface area contributed by atoms with E-state index < -0.39 is 0 Å². The Hall–Kier alpha value is -3.40. The molecule has 2 aromatic heterocycles. The molecule has 0 unspecified atom stereocenters. The van der Waals surface area contributed by atoms with E-state index in [0.29, 0.717) is 6.42 Å². The van der Waals surface area contributed by atoms with Gasteiger partial charge in [0.15, 0.2) is 0 Å². The minimum absolute atomic E-state index is 0.0212. The molecule has 2 aromatic carbocycles. The fraction of sp³-hybridized carbons (Fsp3) is 0.130. The highest BCUT2D eigenvalue weighted by atomic mass is 16.1. The number of fused-ring (bicyclic) bond motifs is 1. The molecule has 1 amide bonds. The summed E-state index contributed by atoms with van der Waals surface area (Å²) in [5, 5.41) is 3.04. The van der Waals surface area contributed by atoms with Crippen molar-refractivity contribution in [3.05, 3.63) is 89.7 Å². The highest BCUT2D eigenvalue weighted by Gasteiger charge is 2.10. The largest absolute Gasteiger partial charge is 0.326 e. The highest BCUT2D eigenvalue weighted by Crippen LogP contribution is 2.25. The Balaban J connectivity index is 1.59. The number of nitrogens with zero attached hydrogens (tertiary/aromatic N) is 2. The van der Waals surface area contributed by atoms with Crippen LogP contribution < -0.4 is 5.32 Å². The van der Waals surface area contributed by atoms with Crippen molar-refractivity contribution in [1.82, 2.24) is 9.38 Å². The van der Waals surface area contributed by atoms with Crippen LogP contribution in [-0.4, -0.2) is 15.3 Å². The van der Waals surface area contributed by atoms with Crippen molar-refractivity contribution in [2.45, 2.75) is 20.3 Å². The molecule has 4 aromatic rings. The summed E-state index contributed by atoms with van der Waals surface area (Å²) in [4.78, 5) is 17.1. The monoisotopic (exact) mass is 355 g/mol. The number of hydrogen-bond acceptors (Lipinski definition) is 2. The van der Waals surface area contributed by atoms with Gasteiger partial charge in [0.25, 0.3) is 0 Å². The van der Waals surface area contributed by atoms with Crippen molar-refractivity contribution in [2.75, 3.05) is 5.32 Å². The van der Waals surface area contributed by atoms with Crippen LogP contribution in [0.25, 0.3) is 16.9 Å². The maximum atomic E-state index is 12.4. The maximum absolute atomic E-state index is 12.4. The smallest absolute Gasteiger partial charge is 0.228 e. The Morgan fingerprint density at radius 2 is 1.85 bits per heavy atom.